The van der Waals surface area contributed by atoms with Gasteiger partial charge >= 0.3 is 0 Å². The number of thioether (sulfide) groups is 1. The van der Waals surface area contributed by atoms with Crippen molar-refractivity contribution in [2.45, 2.75) is 5.16 Å². The molecule has 0 atom stereocenters. The second-order valence-electron chi connectivity index (χ2n) is 5.74. The first kappa shape index (κ1) is 19.5. The third-order valence-electron chi connectivity index (χ3n) is 3.76. The number of nitrogens with zero attached hydrogens (tertiary/aromatic N) is 1. The predicted molar refractivity (Wildman–Crippen MR) is 109 cm³/mol. The minimum Gasteiger partial charge on any atom is -0.497 e. The summed E-state index contributed by atoms with van der Waals surface area (Å²) in [7, 11) is 3.08. The lowest BCUT2D eigenvalue weighted by atomic mass is 10.1. The standard InChI is InChI=1S/C20H19N3O4S/c1-26-15-8-14(9-16(10-15)27-2)21-19(25)12-28-20-22-17(11-18(24)23-20)13-6-4-3-5-7-13/h3-11H,12H2,1-2H3,(H,21,25)(H,22,23,24). The van der Waals surface area contributed by atoms with Crippen LogP contribution in [0.3, 0.4) is 0 Å². The number of H-pyrrole nitrogens is 1. The van der Waals surface area contributed by atoms with E-state index < -0.39 is 0 Å². The Morgan fingerprint density at radius 2 is 1.75 bits per heavy atom. The zero-order valence-electron chi connectivity index (χ0n) is 15.4. The van der Waals surface area contributed by atoms with Crippen molar-refractivity contribution in [2.75, 3.05) is 25.3 Å². The molecule has 0 radical (unpaired) electrons. The van der Waals surface area contributed by atoms with Crippen molar-refractivity contribution in [1.82, 2.24) is 9.97 Å². The number of rotatable bonds is 7. The van der Waals surface area contributed by atoms with Gasteiger partial charge in [0, 0.05) is 35.5 Å². The molecule has 28 heavy (non-hydrogen) atoms. The Morgan fingerprint density at radius 1 is 1.07 bits per heavy atom. The molecule has 0 bridgehead atoms. The van der Waals surface area contributed by atoms with Crippen molar-refractivity contribution < 1.29 is 14.3 Å². The minimum absolute atomic E-state index is 0.0840. The van der Waals surface area contributed by atoms with Gasteiger partial charge in [-0.15, -0.1) is 0 Å². The van der Waals surface area contributed by atoms with Crippen LogP contribution in [-0.2, 0) is 4.79 Å². The van der Waals surface area contributed by atoms with E-state index in [-0.39, 0.29) is 17.2 Å². The zero-order chi connectivity index (χ0) is 19.9. The molecule has 0 aliphatic rings. The summed E-state index contributed by atoms with van der Waals surface area (Å²) in [6, 6.07) is 15.9. The summed E-state index contributed by atoms with van der Waals surface area (Å²) in [5.41, 5.74) is 1.68. The van der Waals surface area contributed by atoms with E-state index in [9.17, 15) is 9.59 Å². The molecular weight excluding hydrogens is 378 g/mol. The lowest BCUT2D eigenvalue weighted by Crippen LogP contribution is -2.15. The van der Waals surface area contributed by atoms with E-state index in [1.807, 2.05) is 30.3 Å². The molecule has 7 nitrogen and oxygen atoms in total. The molecule has 144 valence electrons. The van der Waals surface area contributed by atoms with Gasteiger partial charge in [-0.05, 0) is 0 Å². The number of benzene rings is 2. The molecule has 0 aliphatic heterocycles. The molecule has 1 aromatic heterocycles. The van der Waals surface area contributed by atoms with Crippen molar-refractivity contribution >= 4 is 23.4 Å². The van der Waals surface area contributed by atoms with Crippen LogP contribution in [-0.4, -0.2) is 35.8 Å². The SMILES string of the molecule is COc1cc(NC(=O)CSc2nc(-c3ccccc3)cc(=O)[nH]2)cc(OC)c1. The molecule has 0 fully saturated rings. The Balaban J connectivity index is 1.68. The van der Waals surface area contributed by atoms with Gasteiger partial charge in [0.2, 0.25) is 5.91 Å². The van der Waals surface area contributed by atoms with Crippen LogP contribution in [0.2, 0.25) is 0 Å². The van der Waals surface area contributed by atoms with Gasteiger partial charge in [0.1, 0.15) is 11.5 Å². The molecule has 0 saturated heterocycles. The quantitative estimate of drug-likeness (QED) is 0.470. The number of carbonyl (C=O) groups excluding carboxylic acids is 1. The highest BCUT2D eigenvalue weighted by Gasteiger charge is 2.09. The van der Waals surface area contributed by atoms with Gasteiger partial charge < -0.3 is 19.8 Å². The maximum absolute atomic E-state index is 12.3. The topological polar surface area (TPSA) is 93.3 Å². The van der Waals surface area contributed by atoms with E-state index in [4.69, 9.17) is 9.47 Å². The molecule has 3 aromatic rings. The highest BCUT2D eigenvalue weighted by molar-refractivity contribution is 7.99. The van der Waals surface area contributed by atoms with Crippen molar-refractivity contribution in [3.05, 3.63) is 65.0 Å². The number of aromatic nitrogens is 2. The van der Waals surface area contributed by atoms with Crippen LogP contribution in [0, 0.1) is 0 Å². The number of hydrogen-bond donors (Lipinski definition) is 2. The number of carbonyl (C=O) groups is 1. The molecule has 0 spiro atoms. The van der Waals surface area contributed by atoms with Gasteiger partial charge in [-0.3, -0.25) is 9.59 Å². The highest BCUT2D eigenvalue weighted by Crippen LogP contribution is 2.26. The van der Waals surface area contributed by atoms with E-state index in [1.165, 1.54) is 20.3 Å². The van der Waals surface area contributed by atoms with Gasteiger partial charge in [0.05, 0.1) is 25.7 Å². The second kappa shape index (κ2) is 9.09. The van der Waals surface area contributed by atoms with Gasteiger partial charge in [0.25, 0.3) is 5.56 Å². The van der Waals surface area contributed by atoms with Crippen molar-refractivity contribution in [3.8, 4) is 22.8 Å². The predicted octanol–water partition coefficient (Wildman–Crippen LogP) is 3.18. The maximum atomic E-state index is 12.3. The van der Waals surface area contributed by atoms with Gasteiger partial charge in [-0.1, -0.05) is 42.1 Å². The van der Waals surface area contributed by atoms with E-state index in [0.717, 1.165) is 17.3 Å². The number of hydrogen-bond acceptors (Lipinski definition) is 6. The average molecular weight is 397 g/mol. The second-order valence-corrected chi connectivity index (χ2v) is 6.70. The van der Waals surface area contributed by atoms with Crippen LogP contribution >= 0.6 is 11.8 Å². The van der Waals surface area contributed by atoms with Crippen LogP contribution < -0.4 is 20.3 Å². The van der Waals surface area contributed by atoms with Gasteiger partial charge in [-0.25, -0.2) is 4.98 Å². The van der Waals surface area contributed by atoms with Crippen molar-refractivity contribution in [1.29, 1.82) is 0 Å². The highest BCUT2D eigenvalue weighted by atomic mass is 32.2. The summed E-state index contributed by atoms with van der Waals surface area (Å²) in [5, 5.41) is 3.16. The Kier molecular flexibility index (Phi) is 6.33. The van der Waals surface area contributed by atoms with Crippen LogP contribution in [0.4, 0.5) is 5.69 Å². The van der Waals surface area contributed by atoms with Crippen LogP contribution in [0.5, 0.6) is 11.5 Å². The fraction of sp³-hybridized carbons (Fsp3) is 0.150. The van der Waals surface area contributed by atoms with E-state index in [0.29, 0.717) is 28.0 Å². The van der Waals surface area contributed by atoms with Gasteiger partial charge in [0.15, 0.2) is 5.16 Å². The summed E-state index contributed by atoms with van der Waals surface area (Å²) < 4.78 is 10.4. The first-order valence-electron chi connectivity index (χ1n) is 8.40. The molecule has 0 saturated carbocycles. The van der Waals surface area contributed by atoms with Crippen molar-refractivity contribution in [3.63, 3.8) is 0 Å². The van der Waals surface area contributed by atoms with Crippen molar-refractivity contribution in [2.24, 2.45) is 0 Å². The van der Waals surface area contributed by atoms with Crippen LogP contribution in [0.1, 0.15) is 0 Å². The minimum atomic E-state index is -0.269. The first-order valence-corrected chi connectivity index (χ1v) is 9.38. The van der Waals surface area contributed by atoms with Gasteiger partial charge in [-0.2, -0.15) is 0 Å². The average Bonchev–Trinajstić information content (AvgIpc) is 2.72. The normalized spacial score (nSPS) is 10.4. The molecule has 1 heterocycles. The fourth-order valence-electron chi connectivity index (χ4n) is 2.47. The number of ether oxygens (including phenoxy) is 2. The Labute approximate surface area is 166 Å². The Morgan fingerprint density at radius 3 is 2.39 bits per heavy atom. The Hall–Kier alpha value is -3.26. The molecule has 3 rings (SSSR count). The Bertz CT molecular complexity index is 999. The zero-order valence-corrected chi connectivity index (χ0v) is 16.2. The number of nitrogens with one attached hydrogen (secondary N) is 2. The van der Waals surface area contributed by atoms with E-state index in [2.05, 4.69) is 15.3 Å². The third kappa shape index (κ3) is 5.14. The van der Waals surface area contributed by atoms with Crippen LogP contribution in [0.15, 0.2) is 64.5 Å². The summed E-state index contributed by atoms with van der Waals surface area (Å²) in [4.78, 5) is 31.3. The summed E-state index contributed by atoms with van der Waals surface area (Å²) >= 11 is 1.15. The summed E-state index contributed by atoms with van der Waals surface area (Å²) in [6.45, 7) is 0. The first-order chi connectivity index (χ1) is 13.6. The van der Waals surface area contributed by atoms with Crippen LogP contribution in [0.25, 0.3) is 11.3 Å². The molecule has 2 aromatic carbocycles. The fourth-order valence-corrected chi connectivity index (χ4v) is 3.15. The molecule has 8 heteroatoms. The lowest BCUT2D eigenvalue weighted by Gasteiger charge is -2.10. The molecule has 1 amide bonds. The monoisotopic (exact) mass is 397 g/mol. The number of aromatic amines is 1. The number of methoxy groups -OCH3 is 2. The molecule has 0 aliphatic carbocycles. The molecule has 0 unspecified atom stereocenters. The number of anilines is 1. The smallest absolute Gasteiger partial charge is 0.252 e. The third-order valence-corrected chi connectivity index (χ3v) is 4.64. The van der Waals surface area contributed by atoms with E-state index in [1.54, 1.807) is 18.2 Å². The maximum Gasteiger partial charge on any atom is 0.252 e. The largest absolute Gasteiger partial charge is 0.497 e. The molecular formula is C20H19N3O4S. The number of amides is 1. The molecule has 2 N–H and O–H groups in total. The summed E-state index contributed by atoms with van der Waals surface area (Å²) in [6.07, 6.45) is 0. The lowest BCUT2D eigenvalue weighted by molar-refractivity contribution is -0.113. The summed E-state index contributed by atoms with van der Waals surface area (Å²) in [5.74, 6) is 0.988. The van der Waals surface area contributed by atoms with E-state index >= 15 is 0 Å².